The number of thiophene rings is 1. The highest BCUT2D eigenvalue weighted by molar-refractivity contribution is 7.89. The number of hydrogen-bond acceptors (Lipinski definition) is 5. The summed E-state index contributed by atoms with van der Waals surface area (Å²) in [4.78, 5) is 27.9. The van der Waals surface area contributed by atoms with Crippen LogP contribution in [0.1, 0.15) is 44.3 Å². The Kier molecular flexibility index (Phi) is 6.02. The summed E-state index contributed by atoms with van der Waals surface area (Å²) < 4.78 is 27.1. The van der Waals surface area contributed by atoms with Crippen LogP contribution in [-0.2, 0) is 16.4 Å². The fourth-order valence-electron chi connectivity index (χ4n) is 3.27. The van der Waals surface area contributed by atoms with Gasteiger partial charge in [-0.1, -0.05) is 19.1 Å². The number of ketones is 1. The normalized spacial score (nSPS) is 15.6. The predicted octanol–water partition coefficient (Wildman–Crippen LogP) is 2.97. The zero-order valence-corrected chi connectivity index (χ0v) is 17.9. The van der Waals surface area contributed by atoms with Gasteiger partial charge in [0.2, 0.25) is 10.0 Å². The first kappa shape index (κ1) is 20.7. The summed E-state index contributed by atoms with van der Waals surface area (Å²) in [6.45, 7) is 6.77. The highest BCUT2D eigenvalue weighted by Crippen LogP contribution is 2.25. The summed E-state index contributed by atoms with van der Waals surface area (Å²) >= 11 is 1.50. The van der Waals surface area contributed by atoms with Gasteiger partial charge >= 0.3 is 0 Å². The molecule has 28 heavy (non-hydrogen) atoms. The molecule has 1 aliphatic heterocycles. The zero-order chi connectivity index (χ0) is 20.5. The summed E-state index contributed by atoms with van der Waals surface area (Å²) in [6.07, 6.45) is 0.893. The van der Waals surface area contributed by atoms with Crippen molar-refractivity contribution in [2.24, 2.45) is 0 Å². The first-order chi connectivity index (χ1) is 13.2. The molecule has 1 aromatic carbocycles. The van der Waals surface area contributed by atoms with Crippen LogP contribution in [0.15, 0.2) is 35.2 Å². The van der Waals surface area contributed by atoms with Crippen LogP contribution in [0, 0.1) is 6.92 Å². The Labute approximate surface area is 169 Å². The predicted molar refractivity (Wildman–Crippen MR) is 110 cm³/mol. The molecular formula is C20H24N2O4S2. The molecule has 8 heteroatoms. The molecule has 0 bridgehead atoms. The minimum Gasteiger partial charge on any atom is -0.335 e. The van der Waals surface area contributed by atoms with Crippen LogP contribution in [0.4, 0.5) is 0 Å². The second-order valence-electron chi connectivity index (χ2n) is 6.82. The first-order valence-corrected chi connectivity index (χ1v) is 11.5. The second-order valence-corrected chi connectivity index (χ2v) is 10.0. The quantitative estimate of drug-likeness (QED) is 0.697. The Bertz CT molecular complexity index is 986. The van der Waals surface area contributed by atoms with Crippen LogP contribution in [0.25, 0.3) is 0 Å². The summed E-state index contributed by atoms with van der Waals surface area (Å²) in [5.74, 6) is -0.137. The largest absolute Gasteiger partial charge is 0.335 e. The molecule has 1 fully saturated rings. The van der Waals surface area contributed by atoms with Gasteiger partial charge in [-0.15, -0.1) is 11.3 Å². The third-order valence-corrected chi connectivity index (χ3v) is 8.03. The zero-order valence-electron chi connectivity index (χ0n) is 16.3. The number of carbonyl (C=O) groups excluding carboxylic acids is 2. The Morgan fingerprint density at radius 3 is 2.18 bits per heavy atom. The lowest BCUT2D eigenvalue weighted by molar-refractivity contribution is 0.0702. The molecule has 2 aromatic rings. The highest BCUT2D eigenvalue weighted by atomic mass is 32.2. The lowest BCUT2D eigenvalue weighted by atomic mass is 10.2. The average molecular weight is 421 g/mol. The maximum Gasteiger partial charge on any atom is 0.264 e. The van der Waals surface area contributed by atoms with Crippen LogP contribution in [0.5, 0.6) is 0 Å². The van der Waals surface area contributed by atoms with E-state index in [9.17, 15) is 18.0 Å². The van der Waals surface area contributed by atoms with Crippen molar-refractivity contribution in [2.45, 2.75) is 32.1 Å². The average Bonchev–Trinajstić information content (AvgIpc) is 3.08. The molecule has 0 radical (unpaired) electrons. The van der Waals surface area contributed by atoms with Gasteiger partial charge in [0.05, 0.1) is 9.77 Å². The van der Waals surface area contributed by atoms with Gasteiger partial charge in [0, 0.05) is 36.6 Å². The van der Waals surface area contributed by atoms with Crippen molar-refractivity contribution in [2.75, 3.05) is 26.2 Å². The van der Waals surface area contributed by atoms with Gasteiger partial charge in [-0.3, -0.25) is 9.59 Å². The van der Waals surface area contributed by atoms with Crippen molar-refractivity contribution in [1.82, 2.24) is 9.21 Å². The molecule has 0 spiro atoms. The van der Waals surface area contributed by atoms with Crippen molar-refractivity contribution in [3.63, 3.8) is 0 Å². The number of benzene rings is 1. The van der Waals surface area contributed by atoms with E-state index in [1.165, 1.54) is 52.4 Å². The minimum atomic E-state index is -3.64. The number of Topliss-reactive ketones (excluding diaryl/α,β-unsaturated/α-hetero) is 1. The van der Waals surface area contributed by atoms with Crippen LogP contribution in [0.3, 0.4) is 0 Å². The van der Waals surface area contributed by atoms with E-state index in [0.717, 1.165) is 11.3 Å². The van der Waals surface area contributed by atoms with Gasteiger partial charge < -0.3 is 4.90 Å². The van der Waals surface area contributed by atoms with Crippen molar-refractivity contribution < 1.29 is 18.0 Å². The van der Waals surface area contributed by atoms with E-state index in [4.69, 9.17) is 0 Å². The minimum absolute atomic E-state index is 0.0318. The standard InChI is InChI=1S/C20H24N2O4S2/c1-4-16-13-19(27-15(16)3)20(24)21-9-11-22(12-10-21)28(25,26)18-7-5-17(6-8-18)14(2)23/h5-8,13H,4,9-12H2,1-3H3. The summed E-state index contributed by atoms with van der Waals surface area (Å²) in [5.41, 5.74) is 1.66. The third-order valence-electron chi connectivity index (χ3n) is 5.04. The summed E-state index contributed by atoms with van der Waals surface area (Å²) in [6, 6.07) is 7.93. The Balaban J connectivity index is 1.68. The number of nitrogens with zero attached hydrogens (tertiary/aromatic N) is 2. The highest BCUT2D eigenvalue weighted by Gasteiger charge is 2.31. The van der Waals surface area contributed by atoms with E-state index >= 15 is 0 Å². The van der Waals surface area contributed by atoms with Gasteiger partial charge in [-0.25, -0.2) is 8.42 Å². The van der Waals surface area contributed by atoms with Crippen LogP contribution in [0.2, 0.25) is 0 Å². The molecule has 0 atom stereocenters. The van der Waals surface area contributed by atoms with E-state index in [1.807, 2.05) is 13.0 Å². The maximum atomic E-state index is 12.8. The third kappa shape index (κ3) is 4.04. The molecule has 1 aromatic heterocycles. The molecule has 3 rings (SSSR count). The number of aryl methyl sites for hydroxylation is 2. The van der Waals surface area contributed by atoms with Crippen molar-refractivity contribution >= 4 is 33.1 Å². The molecule has 1 amide bonds. The van der Waals surface area contributed by atoms with Crippen LogP contribution >= 0.6 is 11.3 Å². The lowest BCUT2D eigenvalue weighted by Gasteiger charge is -2.33. The molecule has 2 heterocycles. The fourth-order valence-corrected chi connectivity index (χ4v) is 5.78. The summed E-state index contributed by atoms with van der Waals surface area (Å²) in [5, 5.41) is 0. The number of sulfonamides is 1. The van der Waals surface area contributed by atoms with Gasteiger partial charge in [0.1, 0.15) is 0 Å². The fraction of sp³-hybridized carbons (Fsp3) is 0.400. The summed E-state index contributed by atoms with van der Waals surface area (Å²) in [7, 11) is -3.64. The first-order valence-electron chi connectivity index (χ1n) is 9.23. The van der Waals surface area contributed by atoms with E-state index in [1.54, 1.807) is 4.90 Å². The van der Waals surface area contributed by atoms with Crippen LogP contribution < -0.4 is 0 Å². The molecule has 6 nitrogen and oxygen atoms in total. The molecule has 0 N–H and O–H groups in total. The van der Waals surface area contributed by atoms with Crippen molar-refractivity contribution in [3.8, 4) is 0 Å². The van der Waals surface area contributed by atoms with E-state index < -0.39 is 10.0 Å². The molecule has 0 unspecified atom stereocenters. The maximum absolute atomic E-state index is 12.8. The number of amides is 1. The van der Waals surface area contributed by atoms with Crippen molar-refractivity contribution in [1.29, 1.82) is 0 Å². The van der Waals surface area contributed by atoms with Gasteiger partial charge in [-0.05, 0) is 44.0 Å². The number of hydrogen-bond donors (Lipinski definition) is 0. The van der Waals surface area contributed by atoms with E-state index in [-0.39, 0.29) is 29.7 Å². The Morgan fingerprint density at radius 2 is 1.68 bits per heavy atom. The monoisotopic (exact) mass is 420 g/mol. The second kappa shape index (κ2) is 8.14. The molecule has 1 aliphatic rings. The molecule has 0 aliphatic carbocycles. The van der Waals surface area contributed by atoms with Crippen LogP contribution in [-0.4, -0.2) is 55.5 Å². The van der Waals surface area contributed by atoms with Crippen molar-refractivity contribution in [3.05, 3.63) is 51.2 Å². The lowest BCUT2D eigenvalue weighted by Crippen LogP contribution is -2.50. The van der Waals surface area contributed by atoms with E-state index in [0.29, 0.717) is 23.5 Å². The number of rotatable bonds is 5. The van der Waals surface area contributed by atoms with Gasteiger partial charge in [0.25, 0.3) is 5.91 Å². The Hall–Kier alpha value is -2.03. The smallest absolute Gasteiger partial charge is 0.264 e. The molecule has 150 valence electrons. The van der Waals surface area contributed by atoms with Gasteiger partial charge in [-0.2, -0.15) is 4.31 Å². The molecular weight excluding hydrogens is 396 g/mol. The number of carbonyl (C=O) groups is 2. The molecule has 0 saturated carbocycles. The molecule has 1 saturated heterocycles. The van der Waals surface area contributed by atoms with E-state index in [2.05, 4.69) is 6.92 Å². The van der Waals surface area contributed by atoms with Gasteiger partial charge in [0.15, 0.2) is 5.78 Å². The topological polar surface area (TPSA) is 74.8 Å². The number of piperazine rings is 1. The Morgan fingerprint density at radius 1 is 1.07 bits per heavy atom. The SMILES string of the molecule is CCc1cc(C(=O)N2CCN(S(=O)(=O)c3ccc(C(C)=O)cc3)CC2)sc1C.